The number of amides is 2. The van der Waals surface area contributed by atoms with Crippen LogP contribution in [0.3, 0.4) is 0 Å². The van der Waals surface area contributed by atoms with Crippen LogP contribution in [0.15, 0.2) is 66.7 Å². The average Bonchev–Trinajstić information content (AvgIpc) is 3.20. The Morgan fingerprint density at radius 2 is 1.74 bits per heavy atom. The largest absolute Gasteiger partial charge is 0.481 e. The molecule has 9 heteroatoms. The zero-order valence-corrected chi connectivity index (χ0v) is 21.2. The Hall–Kier alpha value is -4.50. The molecule has 0 atom stereocenters. The van der Waals surface area contributed by atoms with Gasteiger partial charge in [0.2, 0.25) is 5.91 Å². The third kappa shape index (κ3) is 6.07. The Kier molecular flexibility index (Phi) is 8.18. The summed E-state index contributed by atoms with van der Waals surface area (Å²) in [6.07, 6.45) is 0.684. The molecule has 3 aromatic carbocycles. The summed E-state index contributed by atoms with van der Waals surface area (Å²) < 4.78 is 13.8. The number of halogens is 1. The van der Waals surface area contributed by atoms with Crippen molar-refractivity contribution in [3.05, 3.63) is 89.2 Å². The van der Waals surface area contributed by atoms with Crippen molar-refractivity contribution in [1.82, 2.24) is 5.32 Å². The number of fused-ring (bicyclic) bond motifs is 1. The standard InChI is InChI=1S/C29H29FN4O4/c1-18(35)34(15-3-14-31-2)23-11-9-22(10-12-23)32-28(20-6-4-19(5-7-20)16-26(36)37)27-24-13-8-21(30)17-25(24)33-29(27)38/h4-13,17,31-32H,3,14-16H2,1-2H3,(H,33,38)(H,36,37)/b28-27-. The quantitative estimate of drug-likeness (QED) is 0.236. The van der Waals surface area contributed by atoms with E-state index < -0.39 is 11.8 Å². The van der Waals surface area contributed by atoms with E-state index in [9.17, 15) is 18.8 Å². The maximum atomic E-state index is 13.8. The van der Waals surface area contributed by atoms with Crippen LogP contribution in [0.4, 0.5) is 21.5 Å². The molecule has 4 rings (SSSR count). The average molecular weight is 517 g/mol. The molecule has 8 nitrogen and oxygen atoms in total. The van der Waals surface area contributed by atoms with Crippen LogP contribution in [-0.2, 0) is 20.8 Å². The Bertz CT molecular complexity index is 1380. The molecule has 0 unspecified atom stereocenters. The number of rotatable bonds is 10. The van der Waals surface area contributed by atoms with Crippen molar-refractivity contribution in [2.45, 2.75) is 19.8 Å². The smallest absolute Gasteiger partial charge is 0.307 e. The molecule has 0 aliphatic carbocycles. The molecule has 0 saturated heterocycles. The summed E-state index contributed by atoms with van der Waals surface area (Å²) in [7, 11) is 1.86. The molecule has 4 N–H and O–H groups in total. The van der Waals surface area contributed by atoms with Crippen molar-refractivity contribution >= 4 is 46.1 Å². The van der Waals surface area contributed by atoms with Crippen molar-refractivity contribution in [2.24, 2.45) is 0 Å². The van der Waals surface area contributed by atoms with Gasteiger partial charge in [0.15, 0.2) is 0 Å². The number of carboxylic acids is 1. The lowest BCUT2D eigenvalue weighted by atomic mass is 9.98. The predicted molar refractivity (Wildman–Crippen MR) is 146 cm³/mol. The molecule has 1 aliphatic heterocycles. The fourth-order valence-electron chi connectivity index (χ4n) is 4.39. The highest BCUT2D eigenvalue weighted by atomic mass is 19.1. The van der Waals surface area contributed by atoms with E-state index in [1.54, 1.807) is 35.2 Å². The van der Waals surface area contributed by atoms with Crippen molar-refractivity contribution in [3.8, 4) is 0 Å². The number of hydrogen-bond acceptors (Lipinski definition) is 5. The number of nitrogens with zero attached hydrogens (tertiary/aromatic N) is 1. The van der Waals surface area contributed by atoms with Crippen molar-refractivity contribution in [2.75, 3.05) is 35.7 Å². The second-order valence-electron chi connectivity index (χ2n) is 8.96. The van der Waals surface area contributed by atoms with Gasteiger partial charge in [0.05, 0.1) is 23.4 Å². The van der Waals surface area contributed by atoms with E-state index in [-0.39, 0.29) is 18.2 Å². The maximum absolute atomic E-state index is 13.8. The van der Waals surface area contributed by atoms with E-state index in [2.05, 4.69) is 16.0 Å². The Morgan fingerprint density at radius 3 is 2.37 bits per heavy atom. The van der Waals surface area contributed by atoms with Gasteiger partial charge in [-0.2, -0.15) is 0 Å². The van der Waals surface area contributed by atoms with E-state index >= 15 is 0 Å². The normalized spacial score (nSPS) is 13.5. The van der Waals surface area contributed by atoms with Crippen LogP contribution in [-0.4, -0.2) is 43.0 Å². The summed E-state index contributed by atoms with van der Waals surface area (Å²) in [5.41, 5.74) is 4.46. The number of benzene rings is 3. The van der Waals surface area contributed by atoms with Crippen LogP contribution in [0.2, 0.25) is 0 Å². The van der Waals surface area contributed by atoms with Crippen LogP contribution in [0.5, 0.6) is 0 Å². The second-order valence-corrected chi connectivity index (χ2v) is 8.96. The first-order chi connectivity index (χ1) is 18.3. The number of anilines is 3. The number of carbonyl (C=O) groups is 3. The Balaban J connectivity index is 1.71. The van der Waals surface area contributed by atoms with E-state index in [0.29, 0.717) is 45.9 Å². The highest BCUT2D eigenvalue weighted by Crippen LogP contribution is 2.38. The van der Waals surface area contributed by atoms with Gasteiger partial charge in [-0.05, 0) is 73.6 Å². The minimum absolute atomic E-state index is 0.0578. The summed E-state index contributed by atoms with van der Waals surface area (Å²) in [5, 5.41) is 18.2. The number of nitrogens with one attached hydrogen (secondary N) is 3. The molecule has 0 bridgehead atoms. The zero-order valence-electron chi connectivity index (χ0n) is 21.2. The van der Waals surface area contributed by atoms with Gasteiger partial charge in [-0.3, -0.25) is 14.4 Å². The number of aliphatic carboxylic acids is 1. The lowest BCUT2D eigenvalue weighted by Gasteiger charge is -2.22. The van der Waals surface area contributed by atoms with Gasteiger partial charge in [0.25, 0.3) is 5.91 Å². The molecule has 2 amide bonds. The first-order valence-corrected chi connectivity index (χ1v) is 12.2. The van der Waals surface area contributed by atoms with Crippen molar-refractivity contribution in [1.29, 1.82) is 0 Å². The summed E-state index contributed by atoms with van der Waals surface area (Å²) >= 11 is 0. The first-order valence-electron chi connectivity index (χ1n) is 12.2. The first kappa shape index (κ1) is 26.6. The summed E-state index contributed by atoms with van der Waals surface area (Å²) in [5.74, 6) is -1.84. The highest BCUT2D eigenvalue weighted by Gasteiger charge is 2.29. The summed E-state index contributed by atoms with van der Waals surface area (Å²) in [4.78, 5) is 38.1. The molecule has 3 aromatic rings. The number of hydrogen-bond donors (Lipinski definition) is 4. The topological polar surface area (TPSA) is 111 Å². The molecular weight excluding hydrogens is 487 g/mol. The van der Waals surface area contributed by atoms with Gasteiger partial charge in [0.1, 0.15) is 5.82 Å². The van der Waals surface area contributed by atoms with Crippen LogP contribution in [0.1, 0.15) is 30.0 Å². The van der Waals surface area contributed by atoms with Crippen LogP contribution >= 0.6 is 0 Å². The lowest BCUT2D eigenvalue weighted by Crippen LogP contribution is -2.31. The monoisotopic (exact) mass is 516 g/mol. The van der Waals surface area contributed by atoms with E-state index in [4.69, 9.17) is 5.11 Å². The fourth-order valence-corrected chi connectivity index (χ4v) is 4.39. The molecule has 0 fully saturated rings. The Labute approximate surface area is 220 Å². The molecule has 38 heavy (non-hydrogen) atoms. The summed E-state index contributed by atoms with van der Waals surface area (Å²) in [6.45, 7) is 2.90. The van der Waals surface area contributed by atoms with Crippen LogP contribution < -0.4 is 20.9 Å². The van der Waals surface area contributed by atoms with Gasteiger partial charge in [-0.25, -0.2) is 4.39 Å². The minimum Gasteiger partial charge on any atom is -0.481 e. The molecule has 1 heterocycles. The molecule has 0 saturated carbocycles. The van der Waals surface area contributed by atoms with E-state index in [1.807, 2.05) is 31.3 Å². The predicted octanol–water partition coefficient (Wildman–Crippen LogP) is 4.35. The third-order valence-corrected chi connectivity index (χ3v) is 6.21. The van der Waals surface area contributed by atoms with Gasteiger partial charge in [0, 0.05) is 30.4 Å². The van der Waals surface area contributed by atoms with Gasteiger partial charge in [-0.15, -0.1) is 0 Å². The molecule has 0 spiro atoms. The molecule has 0 radical (unpaired) electrons. The molecule has 0 aromatic heterocycles. The van der Waals surface area contributed by atoms with E-state index in [0.717, 1.165) is 18.7 Å². The van der Waals surface area contributed by atoms with Gasteiger partial charge >= 0.3 is 5.97 Å². The van der Waals surface area contributed by atoms with Crippen LogP contribution in [0.25, 0.3) is 11.3 Å². The molecule has 196 valence electrons. The van der Waals surface area contributed by atoms with Crippen molar-refractivity contribution < 1.29 is 23.9 Å². The molecular formula is C29H29FN4O4. The third-order valence-electron chi connectivity index (χ3n) is 6.21. The maximum Gasteiger partial charge on any atom is 0.307 e. The van der Waals surface area contributed by atoms with Crippen LogP contribution in [0, 0.1) is 5.82 Å². The SMILES string of the molecule is CNCCCN(C(C)=O)c1ccc(N/C(=C2\C(=O)Nc3cc(F)ccc32)c2ccc(CC(=O)O)cc2)cc1. The highest BCUT2D eigenvalue weighted by molar-refractivity contribution is 6.37. The van der Waals surface area contributed by atoms with Gasteiger partial charge < -0.3 is 26.0 Å². The Morgan fingerprint density at radius 1 is 1.03 bits per heavy atom. The minimum atomic E-state index is -0.939. The summed E-state index contributed by atoms with van der Waals surface area (Å²) in [6, 6.07) is 18.3. The van der Waals surface area contributed by atoms with Crippen molar-refractivity contribution in [3.63, 3.8) is 0 Å². The van der Waals surface area contributed by atoms with Gasteiger partial charge in [-0.1, -0.05) is 24.3 Å². The number of carboxylic acid groups (broad SMARTS) is 1. The number of carbonyl (C=O) groups excluding carboxylic acids is 2. The zero-order chi connectivity index (χ0) is 27.2. The second kappa shape index (κ2) is 11.7. The fraction of sp³-hybridized carbons (Fsp3) is 0.207. The van der Waals surface area contributed by atoms with E-state index in [1.165, 1.54) is 19.1 Å². The lowest BCUT2D eigenvalue weighted by molar-refractivity contribution is -0.136. The molecule has 1 aliphatic rings.